The number of nitrogens with zero attached hydrogens (tertiary/aromatic N) is 1. The van der Waals surface area contributed by atoms with Crippen LogP contribution in [0.15, 0.2) is 66.7 Å². The van der Waals surface area contributed by atoms with Gasteiger partial charge < -0.3 is 15.0 Å². The average molecular weight is 397 g/mol. The first-order valence-corrected chi connectivity index (χ1v) is 10.2. The first-order chi connectivity index (χ1) is 14.7. The molecule has 2 heterocycles. The number of anilines is 1. The van der Waals surface area contributed by atoms with E-state index in [1.54, 1.807) is 0 Å². The molecular formula is C25H23N3O2. The Morgan fingerprint density at radius 1 is 1.13 bits per heavy atom. The lowest BCUT2D eigenvalue weighted by Gasteiger charge is -2.25. The molecule has 0 radical (unpaired) electrons. The van der Waals surface area contributed by atoms with Crippen molar-refractivity contribution in [2.45, 2.75) is 25.9 Å². The molecule has 150 valence electrons. The number of aromatic amines is 1. The number of aromatic nitrogens is 2. The monoisotopic (exact) mass is 397 g/mol. The van der Waals surface area contributed by atoms with Crippen molar-refractivity contribution in [3.63, 3.8) is 0 Å². The Labute approximate surface area is 175 Å². The van der Waals surface area contributed by atoms with Gasteiger partial charge in [0.2, 0.25) is 5.91 Å². The summed E-state index contributed by atoms with van der Waals surface area (Å²) in [5.41, 5.74) is 6.98. The highest BCUT2D eigenvalue weighted by Gasteiger charge is 2.23. The molecule has 0 bridgehead atoms. The van der Waals surface area contributed by atoms with E-state index in [9.17, 15) is 4.79 Å². The van der Waals surface area contributed by atoms with E-state index in [2.05, 4.69) is 22.4 Å². The van der Waals surface area contributed by atoms with Gasteiger partial charge in [-0.3, -0.25) is 4.79 Å². The fraction of sp³-hybridized carbons (Fsp3) is 0.200. The van der Waals surface area contributed by atoms with Crippen molar-refractivity contribution in [3.05, 3.63) is 83.4 Å². The number of benzene rings is 3. The molecule has 1 amide bonds. The zero-order valence-electron chi connectivity index (χ0n) is 16.8. The summed E-state index contributed by atoms with van der Waals surface area (Å²) in [6.45, 7) is 2.67. The van der Waals surface area contributed by atoms with Crippen LogP contribution in [0.5, 0.6) is 0 Å². The van der Waals surface area contributed by atoms with Gasteiger partial charge in [-0.05, 0) is 48.7 Å². The van der Waals surface area contributed by atoms with Gasteiger partial charge in [0, 0.05) is 5.56 Å². The molecule has 1 aromatic heterocycles. The average Bonchev–Trinajstić information content (AvgIpc) is 3.19. The van der Waals surface area contributed by atoms with Crippen molar-refractivity contribution in [1.29, 1.82) is 0 Å². The van der Waals surface area contributed by atoms with Crippen LogP contribution < -0.4 is 5.32 Å². The van der Waals surface area contributed by atoms with Gasteiger partial charge in [-0.1, -0.05) is 48.0 Å². The quantitative estimate of drug-likeness (QED) is 0.499. The number of fused-ring (bicyclic) bond motifs is 2. The molecule has 1 aliphatic heterocycles. The summed E-state index contributed by atoms with van der Waals surface area (Å²) in [6, 6.07) is 22.1. The second-order valence-electron chi connectivity index (χ2n) is 7.71. The highest BCUT2D eigenvalue weighted by molar-refractivity contribution is 5.96. The molecule has 0 aliphatic carbocycles. The topological polar surface area (TPSA) is 67.0 Å². The number of aryl methyl sites for hydroxylation is 1. The van der Waals surface area contributed by atoms with E-state index in [-0.39, 0.29) is 18.4 Å². The molecule has 30 heavy (non-hydrogen) atoms. The largest absolute Gasteiger partial charge is 0.373 e. The van der Waals surface area contributed by atoms with Crippen LogP contribution in [0, 0.1) is 6.92 Å². The van der Waals surface area contributed by atoms with Crippen molar-refractivity contribution in [2.24, 2.45) is 0 Å². The molecule has 5 rings (SSSR count). The molecular weight excluding hydrogens is 374 g/mol. The van der Waals surface area contributed by atoms with Crippen LogP contribution in [0.1, 0.15) is 29.2 Å². The van der Waals surface area contributed by atoms with Gasteiger partial charge in [-0.15, -0.1) is 0 Å². The van der Waals surface area contributed by atoms with Gasteiger partial charge in [0.25, 0.3) is 0 Å². The number of amides is 1. The van der Waals surface area contributed by atoms with E-state index >= 15 is 0 Å². The second-order valence-corrected chi connectivity index (χ2v) is 7.71. The minimum Gasteiger partial charge on any atom is -0.373 e. The van der Waals surface area contributed by atoms with E-state index in [1.807, 2.05) is 61.5 Å². The van der Waals surface area contributed by atoms with Gasteiger partial charge in [-0.25, -0.2) is 4.98 Å². The minimum absolute atomic E-state index is 0.0714. The Hall–Kier alpha value is -3.44. The molecule has 3 aromatic carbocycles. The lowest BCUT2D eigenvalue weighted by Crippen LogP contribution is -2.22. The van der Waals surface area contributed by atoms with Crippen LogP contribution in [-0.2, 0) is 16.0 Å². The number of nitrogens with one attached hydrogen (secondary N) is 2. The number of hydrogen-bond acceptors (Lipinski definition) is 3. The lowest BCUT2D eigenvalue weighted by atomic mass is 9.95. The van der Waals surface area contributed by atoms with Crippen molar-refractivity contribution >= 4 is 22.6 Å². The molecule has 0 saturated heterocycles. The third kappa shape index (κ3) is 3.60. The summed E-state index contributed by atoms with van der Waals surface area (Å²) in [5, 5.41) is 3.08. The van der Waals surface area contributed by atoms with Crippen LogP contribution in [-0.4, -0.2) is 22.5 Å². The normalized spacial score (nSPS) is 15.7. The van der Waals surface area contributed by atoms with Crippen LogP contribution in [0.4, 0.5) is 5.69 Å². The van der Waals surface area contributed by atoms with Crippen molar-refractivity contribution in [2.75, 3.05) is 11.9 Å². The second kappa shape index (κ2) is 7.76. The van der Waals surface area contributed by atoms with E-state index < -0.39 is 0 Å². The number of H-pyrrole nitrogens is 1. The van der Waals surface area contributed by atoms with Crippen molar-refractivity contribution in [3.8, 4) is 11.4 Å². The van der Waals surface area contributed by atoms with Crippen LogP contribution in [0.2, 0.25) is 0 Å². The summed E-state index contributed by atoms with van der Waals surface area (Å²) in [6.07, 6.45) is 0.961. The standard InChI is InChI=1S/C25H23N3O2/c1-16-10-11-20(19(14-16)25-27-21-8-4-5-9-22(21)28-25)26-24(29)15-23-18-7-3-2-6-17(18)12-13-30-23/h2-11,14,23H,12-13,15H2,1H3,(H,26,29)(H,27,28)/t23-/m1/s1. The third-order valence-electron chi connectivity index (χ3n) is 5.56. The molecule has 0 spiro atoms. The SMILES string of the molecule is Cc1ccc(NC(=O)C[C@H]2OCCc3ccccc32)c(-c2nc3ccccc3[nH]2)c1. The van der Waals surface area contributed by atoms with Crippen LogP contribution in [0.3, 0.4) is 0 Å². The summed E-state index contributed by atoms with van der Waals surface area (Å²) in [5.74, 6) is 0.673. The molecule has 0 fully saturated rings. The molecule has 4 aromatic rings. The maximum absolute atomic E-state index is 12.9. The van der Waals surface area contributed by atoms with E-state index in [1.165, 1.54) is 5.56 Å². The predicted molar refractivity (Wildman–Crippen MR) is 118 cm³/mol. The number of carbonyl (C=O) groups is 1. The Balaban J connectivity index is 1.41. The first kappa shape index (κ1) is 18.6. The van der Waals surface area contributed by atoms with Crippen molar-refractivity contribution in [1.82, 2.24) is 9.97 Å². The molecule has 5 nitrogen and oxygen atoms in total. The zero-order valence-corrected chi connectivity index (χ0v) is 16.8. The van der Waals surface area contributed by atoms with Crippen LogP contribution >= 0.6 is 0 Å². The van der Waals surface area contributed by atoms with Gasteiger partial charge in [0.15, 0.2) is 0 Å². The van der Waals surface area contributed by atoms with Crippen molar-refractivity contribution < 1.29 is 9.53 Å². The minimum atomic E-state index is -0.213. The summed E-state index contributed by atoms with van der Waals surface area (Å²) < 4.78 is 5.91. The smallest absolute Gasteiger partial charge is 0.227 e. The summed E-state index contributed by atoms with van der Waals surface area (Å²) in [4.78, 5) is 21.0. The number of rotatable bonds is 4. The fourth-order valence-electron chi connectivity index (χ4n) is 4.06. The Bertz CT molecular complexity index is 1200. The molecule has 5 heteroatoms. The van der Waals surface area contributed by atoms with Gasteiger partial charge in [-0.2, -0.15) is 0 Å². The van der Waals surface area contributed by atoms with Gasteiger partial charge in [0.05, 0.1) is 35.9 Å². The molecule has 2 N–H and O–H groups in total. The molecule has 0 unspecified atom stereocenters. The highest BCUT2D eigenvalue weighted by Crippen LogP contribution is 2.32. The number of imidazole rings is 1. The first-order valence-electron chi connectivity index (χ1n) is 10.2. The van der Waals surface area contributed by atoms with E-state index in [4.69, 9.17) is 9.72 Å². The Kier molecular flexibility index (Phi) is 4.81. The lowest BCUT2D eigenvalue weighted by molar-refractivity contribution is -0.119. The Morgan fingerprint density at radius 2 is 1.97 bits per heavy atom. The predicted octanol–water partition coefficient (Wildman–Crippen LogP) is 5.18. The number of carbonyl (C=O) groups excluding carboxylic acids is 1. The van der Waals surface area contributed by atoms with Gasteiger partial charge >= 0.3 is 0 Å². The summed E-state index contributed by atoms with van der Waals surface area (Å²) in [7, 11) is 0. The molecule has 1 aliphatic rings. The number of hydrogen-bond donors (Lipinski definition) is 2. The maximum atomic E-state index is 12.9. The zero-order chi connectivity index (χ0) is 20.5. The molecule has 0 saturated carbocycles. The fourth-order valence-corrected chi connectivity index (χ4v) is 4.06. The third-order valence-corrected chi connectivity index (χ3v) is 5.56. The van der Waals surface area contributed by atoms with E-state index in [0.29, 0.717) is 6.61 Å². The van der Waals surface area contributed by atoms with Gasteiger partial charge in [0.1, 0.15) is 5.82 Å². The summed E-state index contributed by atoms with van der Waals surface area (Å²) >= 11 is 0. The van der Waals surface area contributed by atoms with E-state index in [0.717, 1.165) is 45.7 Å². The Morgan fingerprint density at radius 3 is 2.87 bits per heavy atom. The number of para-hydroxylation sites is 2. The van der Waals surface area contributed by atoms with Crippen LogP contribution in [0.25, 0.3) is 22.4 Å². The highest BCUT2D eigenvalue weighted by atomic mass is 16.5. The number of ether oxygens (including phenoxy) is 1. The maximum Gasteiger partial charge on any atom is 0.227 e. The molecule has 1 atom stereocenters.